The van der Waals surface area contributed by atoms with E-state index in [9.17, 15) is 14.4 Å². The predicted octanol–water partition coefficient (Wildman–Crippen LogP) is -3.77. The van der Waals surface area contributed by atoms with Crippen LogP contribution in [0.1, 0.15) is 22.2 Å². The second-order valence-electron chi connectivity index (χ2n) is 3.35. The maximum absolute atomic E-state index is 10.6. The van der Waals surface area contributed by atoms with Gasteiger partial charge in [-0.05, 0) is 0 Å². The van der Waals surface area contributed by atoms with Crippen LogP contribution in [0.5, 0.6) is 0 Å². The Hall–Kier alpha value is -0.480. The summed E-state index contributed by atoms with van der Waals surface area (Å²) in [6, 6.07) is 0. The van der Waals surface area contributed by atoms with Crippen LogP contribution in [0.3, 0.4) is 0 Å². The third kappa shape index (κ3) is 32.8. The van der Waals surface area contributed by atoms with E-state index in [1.165, 1.54) is 20.8 Å². The molecule has 0 rings (SSSR count). The van der Waals surface area contributed by atoms with Gasteiger partial charge in [-0.15, -0.1) is 0 Å². The first-order valence-corrected chi connectivity index (χ1v) is 6.70. The molecule has 0 amide bonds. The molecule has 0 aromatic carbocycles. The Kier molecular flexibility index (Phi) is 16.0. The van der Waals surface area contributed by atoms with Crippen molar-refractivity contribution in [2.75, 3.05) is 13.2 Å². The van der Waals surface area contributed by atoms with Crippen LogP contribution in [-0.4, -0.2) is 51.9 Å². The molecule has 0 unspecified atom stereocenters. The van der Waals surface area contributed by atoms with Gasteiger partial charge in [-0.25, -0.2) is 4.57 Å². The second-order valence-corrected chi connectivity index (χ2v) is 4.38. The van der Waals surface area contributed by atoms with Crippen molar-refractivity contribution >= 4 is 25.7 Å². The van der Waals surface area contributed by atoms with Gasteiger partial charge in [0.1, 0.15) is 13.2 Å². The van der Waals surface area contributed by atoms with E-state index in [1.807, 2.05) is 0 Å². The van der Waals surface area contributed by atoms with Crippen LogP contribution in [0.25, 0.3) is 0 Å². The number of hydrogen-bond donors (Lipinski definition) is 3. The van der Waals surface area contributed by atoms with Crippen molar-refractivity contribution in [3.63, 3.8) is 0 Å². The SMILES string of the molecule is CC(=O)OCC(COC(C)=O)OC(C)=O.O=P(O)(O)O.[H-].[Na+]. The summed E-state index contributed by atoms with van der Waals surface area (Å²) < 4.78 is 22.9. The number of hydrogen-bond acceptors (Lipinski definition) is 7. The van der Waals surface area contributed by atoms with E-state index >= 15 is 0 Å². The van der Waals surface area contributed by atoms with E-state index in [0.717, 1.165) is 0 Å². The molecule has 3 N–H and O–H groups in total. The normalized spacial score (nSPS) is 9.67. The van der Waals surface area contributed by atoms with Gasteiger partial charge in [0.15, 0.2) is 6.10 Å². The van der Waals surface area contributed by atoms with Crippen molar-refractivity contribution in [2.24, 2.45) is 0 Å². The van der Waals surface area contributed by atoms with E-state index in [1.54, 1.807) is 0 Å². The molecule has 0 aromatic rings. The van der Waals surface area contributed by atoms with E-state index in [2.05, 4.69) is 9.47 Å². The molecule has 0 aromatic heterocycles. The van der Waals surface area contributed by atoms with Gasteiger partial charge >= 0.3 is 55.3 Å². The Balaban J connectivity index is -0.000000201. The fourth-order valence-electron chi connectivity index (χ4n) is 0.771. The van der Waals surface area contributed by atoms with Gasteiger partial charge in [-0.2, -0.15) is 0 Å². The van der Waals surface area contributed by atoms with Crippen LogP contribution >= 0.6 is 7.82 Å². The van der Waals surface area contributed by atoms with E-state index in [4.69, 9.17) is 24.0 Å². The molecule has 10 nitrogen and oxygen atoms in total. The summed E-state index contributed by atoms with van der Waals surface area (Å²) in [5.74, 6) is -1.51. The summed E-state index contributed by atoms with van der Waals surface area (Å²) in [5.41, 5.74) is 0. The van der Waals surface area contributed by atoms with Gasteiger partial charge in [0, 0.05) is 20.8 Å². The Morgan fingerprint density at radius 1 is 0.952 bits per heavy atom. The second kappa shape index (κ2) is 13.2. The standard InChI is InChI=1S/C9H14O6.Na.H3O4P.H/c1-6(10)13-4-9(15-8(3)12)5-14-7(2)11;;1-5(2,3)4;/h9H,4-5H2,1-3H3;;(H3,1,2,3,4);/q;+1;;-1. The Labute approximate surface area is 144 Å². The number of phosphoric acid groups is 1. The zero-order valence-electron chi connectivity index (χ0n) is 13.1. The molecule has 120 valence electrons. The van der Waals surface area contributed by atoms with Crippen LogP contribution < -0.4 is 29.6 Å². The molecule has 0 fully saturated rings. The van der Waals surface area contributed by atoms with Crippen molar-refractivity contribution in [3.05, 3.63) is 0 Å². The first-order chi connectivity index (χ1) is 8.91. The zero-order valence-corrected chi connectivity index (χ0v) is 15.0. The molecule has 0 aliphatic heterocycles. The molecular formula is C9H18NaO10P. The zero-order chi connectivity index (χ0) is 16.3. The molecule has 0 aliphatic rings. The number of ether oxygens (including phenoxy) is 3. The summed E-state index contributed by atoms with van der Waals surface area (Å²) in [6.45, 7) is 3.44. The van der Waals surface area contributed by atoms with Gasteiger partial charge in [-0.3, -0.25) is 14.4 Å². The molecule has 21 heavy (non-hydrogen) atoms. The molecule has 12 heteroatoms. The Bertz CT molecular complexity index is 358. The Morgan fingerprint density at radius 2 is 1.24 bits per heavy atom. The summed E-state index contributed by atoms with van der Waals surface area (Å²) in [4.78, 5) is 53.2. The van der Waals surface area contributed by atoms with Gasteiger partial charge in [0.05, 0.1) is 0 Å². The molecule has 0 saturated heterocycles. The topological polar surface area (TPSA) is 157 Å². The van der Waals surface area contributed by atoms with Gasteiger partial charge in [-0.1, -0.05) is 0 Å². The van der Waals surface area contributed by atoms with Crippen molar-refractivity contribution in [2.45, 2.75) is 26.9 Å². The summed E-state index contributed by atoms with van der Waals surface area (Å²) in [6.07, 6.45) is -0.754. The maximum Gasteiger partial charge on any atom is 1.00 e. The third-order valence-electron chi connectivity index (χ3n) is 1.28. The fourth-order valence-corrected chi connectivity index (χ4v) is 0.771. The van der Waals surface area contributed by atoms with Crippen molar-refractivity contribution < 1.29 is 78.8 Å². The minimum absolute atomic E-state index is 0. The molecule has 0 atom stereocenters. The molecule has 0 heterocycles. The summed E-state index contributed by atoms with van der Waals surface area (Å²) in [5, 5.41) is 0. The number of esters is 3. The van der Waals surface area contributed by atoms with Gasteiger partial charge in [0.25, 0.3) is 0 Å². The molecule has 0 saturated carbocycles. The number of carbonyl (C=O) groups is 3. The quantitative estimate of drug-likeness (QED) is 0.196. The van der Waals surface area contributed by atoms with Crippen LogP contribution in [-0.2, 0) is 33.2 Å². The summed E-state index contributed by atoms with van der Waals surface area (Å²) >= 11 is 0. The smallest absolute Gasteiger partial charge is 1.00 e. The van der Waals surface area contributed by atoms with Crippen molar-refractivity contribution in [3.8, 4) is 0 Å². The summed E-state index contributed by atoms with van der Waals surface area (Å²) in [7, 11) is -4.64. The Morgan fingerprint density at radius 3 is 1.43 bits per heavy atom. The molecule has 0 bridgehead atoms. The molecule has 0 radical (unpaired) electrons. The third-order valence-corrected chi connectivity index (χ3v) is 1.28. The molecule has 0 aliphatic carbocycles. The van der Waals surface area contributed by atoms with Crippen LogP contribution in [0.4, 0.5) is 0 Å². The number of carbonyl (C=O) groups excluding carboxylic acids is 3. The van der Waals surface area contributed by atoms with Crippen LogP contribution in [0, 0.1) is 0 Å². The minimum Gasteiger partial charge on any atom is -1.00 e. The van der Waals surface area contributed by atoms with Gasteiger partial charge < -0.3 is 30.3 Å². The average Bonchev–Trinajstić information content (AvgIpc) is 2.18. The van der Waals surface area contributed by atoms with E-state index in [0.29, 0.717) is 0 Å². The van der Waals surface area contributed by atoms with Crippen molar-refractivity contribution in [1.82, 2.24) is 0 Å². The molecule has 0 spiro atoms. The van der Waals surface area contributed by atoms with Crippen LogP contribution in [0.15, 0.2) is 0 Å². The molecular weight excluding hydrogens is 322 g/mol. The fraction of sp³-hybridized carbons (Fsp3) is 0.667. The monoisotopic (exact) mass is 340 g/mol. The maximum atomic E-state index is 10.6. The minimum atomic E-state index is -4.64. The van der Waals surface area contributed by atoms with Crippen molar-refractivity contribution in [1.29, 1.82) is 0 Å². The van der Waals surface area contributed by atoms with E-state index < -0.39 is 31.8 Å². The largest absolute Gasteiger partial charge is 1.00 e. The first-order valence-electron chi connectivity index (χ1n) is 5.14. The average molecular weight is 340 g/mol. The van der Waals surface area contributed by atoms with Gasteiger partial charge in [0.2, 0.25) is 0 Å². The predicted molar refractivity (Wildman–Crippen MR) is 64.2 cm³/mol. The number of rotatable bonds is 5. The first kappa shape index (κ1) is 25.5. The van der Waals surface area contributed by atoms with Crippen LogP contribution in [0.2, 0.25) is 0 Å². The van der Waals surface area contributed by atoms with E-state index in [-0.39, 0.29) is 44.2 Å².